The molecule has 1 heteroatoms. The number of anilines is 1. The lowest BCUT2D eigenvalue weighted by atomic mass is 9.73. The van der Waals surface area contributed by atoms with Crippen molar-refractivity contribution in [1.29, 1.82) is 0 Å². The smallest absolute Gasteiger partial charge is 0.0345 e. The van der Waals surface area contributed by atoms with Crippen molar-refractivity contribution in [1.82, 2.24) is 0 Å². The van der Waals surface area contributed by atoms with E-state index in [4.69, 9.17) is 0 Å². The molecule has 88 valence electrons. The monoisotopic (exact) mass is 217 g/mol. The average Bonchev–Trinajstić information content (AvgIpc) is 2.15. The summed E-state index contributed by atoms with van der Waals surface area (Å²) in [5.41, 5.74) is 4.04. The van der Waals surface area contributed by atoms with E-state index in [0.717, 1.165) is 11.8 Å². The van der Waals surface area contributed by atoms with Gasteiger partial charge in [-0.3, -0.25) is 0 Å². The van der Waals surface area contributed by atoms with Crippen molar-refractivity contribution in [3.63, 3.8) is 0 Å². The lowest BCUT2D eigenvalue weighted by Crippen LogP contribution is -2.37. The largest absolute Gasteiger partial charge is 0.382 e. The molecular formula is C15H23N. The summed E-state index contributed by atoms with van der Waals surface area (Å²) in [7, 11) is 0. The molecule has 0 unspecified atom stereocenters. The first kappa shape index (κ1) is 11.5. The highest BCUT2D eigenvalue weighted by Gasteiger charge is 2.30. The Morgan fingerprint density at radius 2 is 1.81 bits per heavy atom. The fourth-order valence-corrected chi connectivity index (χ4v) is 2.39. The maximum atomic E-state index is 3.63. The van der Waals surface area contributed by atoms with Crippen LogP contribution < -0.4 is 5.32 Å². The maximum absolute atomic E-state index is 3.63. The number of hydrogen-bond acceptors (Lipinski definition) is 1. The van der Waals surface area contributed by atoms with Crippen LogP contribution in [0.25, 0.3) is 0 Å². The van der Waals surface area contributed by atoms with Gasteiger partial charge in [0.15, 0.2) is 0 Å². The molecule has 1 aliphatic rings. The first-order chi connectivity index (χ1) is 7.56. The van der Waals surface area contributed by atoms with Crippen LogP contribution in [0.2, 0.25) is 0 Å². The number of hydrogen-bond donors (Lipinski definition) is 1. The molecule has 0 amide bonds. The van der Waals surface area contributed by atoms with Gasteiger partial charge in [0.25, 0.3) is 0 Å². The first-order valence-electron chi connectivity index (χ1n) is 6.40. The zero-order chi connectivity index (χ0) is 11.7. The maximum Gasteiger partial charge on any atom is 0.0345 e. The summed E-state index contributed by atoms with van der Waals surface area (Å²) >= 11 is 0. The SMILES string of the molecule is Cc1ccc(NC2CC(C(C)C)C2)cc1C. The molecule has 1 aromatic carbocycles. The first-order valence-corrected chi connectivity index (χ1v) is 6.40. The fourth-order valence-electron chi connectivity index (χ4n) is 2.39. The number of benzene rings is 1. The molecule has 0 spiro atoms. The minimum Gasteiger partial charge on any atom is -0.382 e. The summed E-state index contributed by atoms with van der Waals surface area (Å²) < 4.78 is 0. The number of rotatable bonds is 3. The minimum atomic E-state index is 0.703. The van der Waals surface area contributed by atoms with Crippen LogP contribution in [0.1, 0.15) is 37.8 Å². The van der Waals surface area contributed by atoms with E-state index in [1.807, 2.05) is 0 Å². The van der Waals surface area contributed by atoms with Gasteiger partial charge in [0, 0.05) is 11.7 Å². The predicted molar refractivity (Wildman–Crippen MR) is 70.9 cm³/mol. The van der Waals surface area contributed by atoms with Gasteiger partial charge in [0.05, 0.1) is 0 Å². The number of nitrogens with one attached hydrogen (secondary N) is 1. The van der Waals surface area contributed by atoms with Crippen LogP contribution >= 0.6 is 0 Å². The Morgan fingerprint density at radius 1 is 1.12 bits per heavy atom. The van der Waals surface area contributed by atoms with Gasteiger partial charge in [-0.15, -0.1) is 0 Å². The molecule has 2 rings (SSSR count). The Morgan fingerprint density at radius 3 is 2.38 bits per heavy atom. The van der Waals surface area contributed by atoms with E-state index in [2.05, 4.69) is 51.2 Å². The molecule has 1 saturated carbocycles. The Bertz CT molecular complexity index is 362. The van der Waals surface area contributed by atoms with Crippen LogP contribution in [0, 0.1) is 25.7 Å². The topological polar surface area (TPSA) is 12.0 Å². The summed E-state index contributed by atoms with van der Waals surface area (Å²) in [6.07, 6.45) is 2.68. The van der Waals surface area contributed by atoms with Crippen molar-refractivity contribution in [2.75, 3.05) is 5.32 Å². The zero-order valence-corrected chi connectivity index (χ0v) is 10.9. The Hall–Kier alpha value is -0.980. The van der Waals surface area contributed by atoms with Crippen LogP contribution in [0.3, 0.4) is 0 Å². The highest BCUT2D eigenvalue weighted by molar-refractivity contribution is 5.49. The molecule has 0 aromatic heterocycles. The molecule has 1 N–H and O–H groups in total. The molecule has 0 saturated heterocycles. The van der Waals surface area contributed by atoms with E-state index < -0.39 is 0 Å². The van der Waals surface area contributed by atoms with Gasteiger partial charge >= 0.3 is 0 Å². The van der Waals surface area contributed by atoms with Gasteiger partial charge < -0.3 is 5.32 Å². The summed E-state index contributed by atoms with van der Waals surface area (Å²) in [4.78, 5) is 0. The molecule has 0 bridgehead atoms. The van der Waals surface area contributed by atoms with E-state index in [9.17, 15) is 0 Å². The van der Waals surface area contributed by atoms with Gasteiger partial charge in [-0.2, -0.15) is 0 Å². The third-order valence-corrected chi connectivity index (χ3v) is 4.00. The molecular weight excluding hydrogens is 194 g/mol. The second-order valence-corrected chi connectivity index (χ2v) is 5.62. The summed E-state index contributed by atoms with van der Waals surface area (Å²) in [5, 5.41) is 3.63. The van der Waals surface area contributed by atoms with Crippen molar-refractivity contribution < 1.29 is 0 Å². The summed E-state index contributed by atoms with van der Waals surface area (Å²) in [5.74, 6) is 1.78. The zero-order valence-electron chi connectivity index (χ0n) is 10.9. The van der Waals surface area contributed by atoms with E-state index in [0.29, 0.717) is 6.04 Å². The molecule has 16 heavy (non-hydrogen) atoms. The molecule has 1 fully saturated rings. The van der Waals surface area contributed by atoms with Gasteiger partial charge in [-0.25, -0.2) is 0 Å². The van der Waals surface area contributed by atoms with Gasteiger partial charge in [-0.05, 0) is 61.8 Å². The highest BCUT2D eigenvalue weighted by atomic mass is 14.9. The molecule has 0 radical (unpaired) electrons. The van der Waals surface area contributed by atoms with Crippen molar-refractivity contribution in [2.24, 2.45) is 11.8 Å². The quantitative estimate of drug-likeness (QED) is 0.802. The third kappa shape index (κ3) is 2.40. The fraction of sp³-hybridized carbons (Fsp3) is 0.600. The van der Waals surface area contributed by atoms with Gasteiger partial charge in [0.2, 0.25) is 0 Å². The van der Waals surface area contributed by atoms with Crippen molar-refractivity contribution in [2.45, 2.75) is 46.6 Å². The van der Waals surface area contributed by atoms with Crippen LogP contribution in [0.4, 0.5) is 5.69 Å². The standard InChI is InChI=1S/C15H23N/c1-10(2)13-8-15(9-13)16-14-6-5-11(3)12(4)7-14/h5-7,10,13,15-16H,8-9H2,1-4H3. The second kappa shape index (κ2) is 4.48. The second-order valence-electron chi connectivity index (χ2n) is 5.62. The molecule has 0 aliphatic heterocycles. The van der Waals surface area contributed by atoms with E-state index in [1.165, 1.54) is 29.7 Å². The number of aryl methyl sites for hydroxylation is 2. The Balaban J connectivity index is 1.89. The molecule has 0 atom stereocenters. The summed E-state index contributed by atoms with van der Waals surface area (Å²) in [6, 6.07) is 7.37. The average molecular weight is 217 g/mol. The molecule has 0 heterocycles. The minimum absolute atomic E-state index is 0.703. The van der Waals surface area contributed by atoms with Gasteiger partial charge in [0.1, 0.15) is 0 Å². The Kier molecular flexibility index (Phi) is 3.22. The van der Waals surface area contributed by atoms with E-state index >= 15 is 0 Å². The van der Waals surface area contributed by atoms with Crippen LogP contribution in [0.15, 0.2) is 18.2 Å². The lowest BCUT2D eigenvalue weighted by molar-refractivity contribution is 0.212. The third-order valence-electron chi connectivity index (χ3n) is 4.00. The van der Waals surface area contributed by atoms with E-state index in [-0.39, 0.29) is 0 Å². The molecule has 1 aliphatic carbocycles. The van der Waals surface area contributed by atoms with Crippen molar-refractivity contribution >= 4 is 5.69 Å². The van der Waals surface area contributed by atoms with Crippen LogP contribution in [-0.2, 0) is 0 Å². The molecule has 1 aromatic rings. The van der Waals surface area contributed by atoms with Crippen LogP contribution in [-0.4, -0.2) is 6.04 Å². The Labute approximate surface area is 99.3 Å². The lowest BCUT2D eigenvalue weighted by Gasteiger charge is -2.39. The predicted octanol–water partition coefficient (Wildman–Crippen LogP) is 4.15. The molecule has 1 nitrogen and oxygen atoms in total. The normalized spacial score (nSPS) is 24.3. The van der Waals surface area contributed by atoms with Crippen molar-refractivity contribution in [3.05, 3.63) is 29.3 Å². The van der Waals surface area contributed by atoms with Crippen molar-refractivity contribution in [3.8, 4) is 0 Å². The highest BCUT2D eigenvalue weighted by Crippen LogP contribution is 2.35. The van der Waals surface area contributed by atoms with Crippen LogP contribution in [0.5, 0.6) is 0 Å². The van der Waals surface area contributed by atoms with E-state index in [1.54, 1.807) is 0 Å². The summed E-state index contributed by atoms with van der Waals surface area (Å²) in [6.45, 7) is 9.00. The van der Waals surface area contributed by atoms with Gasteiger partial charge in [-0.1, -0.05) is 19.9 Å².